The molecule has 1 amide bonds. The van der Waals surface area contributed by atoms with Crippen LogP contribution in [0.2, 0.25) is 5.02 Å². The first-order valence-corrected chi connectivity index (χ1v) is 7.22. The molecular formula is C15H16ClNO3. The van der Waals surface area contributed by atoms with Gasteiger partial charge in [-0.25, -0.2) is 4.79 Å². The number of anilines is 1. The number of carbonyl (C=O) groups is 2. The molecule has 1 aliphatic carbocycles. The number of ether oxygens (including phenoxy) is 1. The second-order valence-corrected chi connectivity index (χ2v) is 5.75. The van der Waals surface area contributed by atoms with Crippen LogP contribution in [-0.2, 0) is 14.3 Å². The number of amides is 1. The zero-order valence-electron chi connectivity index (χ0n) is 11.3. The fourth-order valence-corrected chi connectivity index (χ4v) is 2.71. The molecule has 1 heterocycles. The summed E-state index contributed by atoms with van der Waals surface area (Å²) in [4.78, 5) is 26.1. The maximum absolute atomic E-state index is 12.6. The Balaban J connectivity index is 2.02. The van der Waals surface area contributed by atoms with E-state index in [1.54, 1.807) is 17.0 Å². The van der Waals surface area contributed by atoms with E-state index >= 15 is 0 Å². The van der Waals surface area contributed by atoms with Crippen molar-refractivity contribution < 1.29 is 14.3 Å². The van der Waals surface area contributed by atoms with E-state index in [1.807, 2.05) is 13.0 Å². The molecule has 106 valence electrons. The molecular weight excluding hydrogens is 278 g/mol. The van der Waals surface area contributed by atoms with Crippen LogP contribution in [0.5, 0.6) is 0 Å². The van der Waals surface area contributed by atoms with Gasteiger partial charge in [0.1, 0.15) is 6.04 Å². The first-order valence-electron chi connectivity index (χ1n) is 6.84. The van der Waals surface area contributed by atoms with E-state index in [-0.39, 0.29) is 17.8 Å². The standard InChI is InChI=1S/C15H16ClNO3/c1-9-11(16)3-2-4-12(9)17(14(18)10-5-6-10)13-7-8-20-15(13)19/h2-4,10,13H,5-8H2,1H3. The van der Waals surface area contributed by atoms with Gasteiger partial charge in [0.2, 0.25) is 5.91 Å². The molecule has 0 aromatic heterocycles. The van der Waals surface area contributed by atoms with Crippen molar-refractivity contribution in [3.05, 3.63) is 28.8 Å². The number of nitrogens with zero attached hydrogens (tertiary/aromatic N) is 1. The molecule has 1 aromatic rings. The molecule has 1 aliphatic heterocycles. The third-order valence-electron chi connectivity index (χ3n) is 3.88. The highest BCUT2D eigenvalue weighted by atomic mass is 35.5. The lowest BCUT2D eigenvalue weighted by Gasteiger charge is -2.28. The average molecular weight is 294 g/mol. The van der Waals surface area contributed by atoms with Gasteiger partial charge in [0.05, 0.1) is 6.61 Å². The Hall–Kier alpha value is -1.55. The SMILES string of the molecule is Cc1c(Cl)cccc1N(C(=O)C1CC1)C1CCOC1=O. The number of halogens is 1. The van der Waals surface area contributed by atoms with Crippen molar-refractivity contribution in [3.8, 4) is 0 Å². The summed E-state index contributed by atoms with van der Waals surface area (Å²) >= 11 is 6.15. The molecule has 3 rings (SSSR count). The Kier molecular flexibility index (Phi) is 3.42. The number of esters is 1. The number of carbonyl (C=O) groups excluding carboxylic acids is 2. The van der Waals surface area contributed by atoms with Crippen LogP contribution < -0.4 is 4.90 Å². The number of hydrogen-bond acceptors (Lipinski definition) is 3. The van der Waals surface area contributed by atoms with Gasteiger partial charge in [-0.2, -0.15) is 0 Å². The molecule has 4 nitrogen and oxygen atoms in total. The van der Waals surface area contributed by atoms with Gasteiger partial charge in [0, 0.05) is 23.0 Å². The second kappa shape index (κ2) is 5.09. The van der Waals surface area contributed by atoms with E-state index in [4.69, 9.17) is 16.3 Å². The van der Waals surface area contributed by atoms with Gasteiger partial charge in [0.25, 0.3) is 0 Å². The summed E-state index contributed by atoms with van der Waals surface area (Å²) in [5.74, 6) is -0.264. The van der Waals surface area contributed by atoms with Gasteiger partial charge in [0.15, 0.2) is 0 Å². The summed E-state index contributed by atoms with van der Waals surface area (Å²) in [6.45, 7) is 2.24. The van der Waals surface area contributed by atoms with Gasteiger partial charge < -0.3 is 4.74 Å². The minimum atomic E-state index is -0.514. The molecule has 2 fully saturated rings. The summed E-state index contributed by atoms with van der Waals surface area (Å²) in [5.41, 5.74) is 1.54. The van der Waals surface area contributed by atoms with Crippen LogP contribution >= 0.6 is 11.6 Å². The van der Waals surface area contributed by atoms with Crippen LogP contribution in [0, 0.1) is 12.8 Å². The highest BCUT2D eigenvalue weighted by Crippen LogP contribution is 2.37. The third kappa shape index (κ3) is 2.29. The molecule has 1 aromatic carbocycles. The smallest absolute Gasteiger partial charge is 0.329 e. The molecule has 0 radical (unpaired) electrons. The fraction of sp³-hybridized carbons (Fsp3) is 0.467. The van der Waals surface area contributed by atoms with Crippen molar-refractivity contribution in [1.82, 2.24) is 0 Å². The topological polar surface area (TPSA) is 46.6 Å². The molecule has 20 heavy (non-hydrogen) atoms. The molecule has 2 aliphatic rings. The largest absolute Gasteiger partial charge is 0.464 e. The van der Waals surface area contributed by atoms with Crippen molar-refractivity contribution in [3.63, 3.8) is 0 Å². The maximum Gasteiger partial charge on any atom is 0.329 e. The molecule has 1 atom stereocenters. The fourth-order valence-electron chi connectivity index (χ4n) is 2.54. The van der Waals surface area contributed by atoms with E-state index in [2.05, 4.69) is 0 Å². The minimum absolute atomic E-state index is 0.0132. The molecule has 1 unspecified atom stereocenters. The lowest BCUT2D eigenvalue weighted by molar-refractivity contribution is -0.140. The van der Waals surface area contributed by atoms with Gasteiger partial charge in [-0.05, 0) is 37.5 Å². The van der Waals surface area contributed by atoms with Crippen LogP contribution in [-0.4, -0.2) is 24.5 Å². The summed E-state index contributed by atoms with van der Waals surface area (Å²) in [6, 6.07) is 4.92. The number of cyclic esters (lactones) is 1. The summed E-state index contributed by atoms with van der Waals surface area (Å²) in [6.07, 6.45) is 2.34. The van der Waals surface area contributed by atoms with Gasteiger partial charge in [-0.1, -0.05) is 17.7 Å². The summed E-state index contributed by atoms with van der Waals surface area (Å²) < 4.78 is 5.02. The Morgan fingerprint density at radius 1 is 1.35 bits per heavy atom. The van der Waals surface area contributed by atoms with Gasteiger partial charge >= 0.3 is 5.97 Å². The van der Waals surface area contributed by atoms with E-state index in [0.717, 1.165) is 24.1 Å². The van der Waals surface area contributed by atoms with E-state index in [1.165, 1.54) is 0 Å². The molecule has 0 bridgehead atoms. The normalized spacial score (nSPS) is 21.7. The van der Waals surface area contributed by atoms with E-state index in [0.29, 0.717) is 18.1 Å². The highest BCUT2D eigenvalue weighted by molar-refractivity contribution is 6.31. The first kappa shape index (κ1) is 13.4. The average Bonchev–Trinajstić information content (AvgIpc) is 3.19. The molecule has 5 heteroatoms. The van der Waals surface area contributed by atoms with Crippen molar-refractivity contribution >= 4 is 29.2 Å². The Morgan fingerprint density at radius 2 is 2.10 bits per heavy atom. The monoisotopic (exact) mass is 293 g/mol. The van der Waals surface area contributed by atoms with Crippen molar-refractivity contribution in [2.24, 2.45) is 5.92 Å². The lowest BCUT2D eigenvalue weighted by atomic mass is 10.1. The number of hydrogen-bond donors (Lipinski definition) is 0. The third-order valence-corrected chi connectivity index (χ3v) is 4.29. The molecule has 0 spiro atoms. The van der Waals surface area contributed by atoms with Crippen LogP contribution in [0.1, 0.15) is 24.8 Å². The Labute approximate surface area is 122 Å². The lowest BCUT2D eigenvalue weighted by Crippen LogP contribution is -2.44. The molecule has 1 saturated heterocycles. The second-order valence-electron chi connectivity index (χ2n) is 5.34. The van der Waals surface area contributed by atoms with Crippen molar-refractivity contribution in [1.29, 1.82) is 0 Å². The van der Waals surface area contributed by atoms with Gasteiger partial charge in [-0.3, -0.25) is 9.69 Å². The number of rotatable bonds is 3. The van der Waals surface area contributed by atoms with Crippen molar-refractivity contribution in [2.75, 3.05) is 11.5 Å². The predicted octanol–water partition coefficient (Wildman–Crippen LogP) is 2.71. The van der Waals surface area contributed by atoms with Gasteiger partial charge in [-0.15, -0.1) is 0 Å². The number of benzene rings is 1. The maximum atomic E-state index is 12.6. The first-order chi connectivity index (χ1) is 9.59. The quantitative estimate of drug-likeness (QED) is 0.805. The summed E-state index contributed by atoms with van der Waals surface area (Å²) in [7, 11) is 0. The summed E-state index contributed by atoms with van der Waals surface area (Å²) in [5, 5.41) is 0.600. The van der Waals surface area contributed by atoms with E-state index in [9.17, 15) is 9.59 Å². The van der Waals surface area contributed by atoms with Crippen LogP contribution in [0.15, 0.2) is 18.2 Å². The molecule has 1 saturated carbocycles. The highest BCUT2D eigenvalue weighted by Gasteiger charge is 2.42. The minimum Gasteiger partial charge on any atom is -0.464 e. The van der Waals surface area contributed by atoms with Crippen LogP contribution in [0.3, 0.4) is 0 Å². The van der Waals surface area contributed by atoms with Crippen LogP contribution in [0.25, 0.3) is 0 Å². The molecule has 0 N–H and O–H groups in total. The zero-order valence-corrected chi connectivity index (χ0v) is 12.0. The van der Waals surface area contributed by atoms with E-state index < -0.39 is 6.04 Å². The van der Waals surface area contributed by atoms with Crippen molar-refractivity contribution in [2.45, 2.75) is 32.2 Å². The Morgan fingerprint density at radius 3 is 2.70 bits per heavy atom. The predicted molar refractivity (Wildman–Crippen MR) is 75.8 cm³/mol. The zero-order chi connectivity index (χ0) is 14.3. The Bertz CT molecular complexity index is 568. The van der Waals surface area contributed by atoms with Crippen LogP contribution in [0.4, 0.5) is 5.69 Å².